The summed E-state index contributed by atoms with van der Waals surface area (Å²) < 4.78 is 5.63. The van der Waals surface area contributed by atoms with E-state index in [0.717, 1.165) is 25.1 Å². The Morgan fingerprint density at radius 1 is 1.44 bits per heavy atom. The lowest BCUT2D eigenvalue weighted by atomic mass is 10.1. The van der Waals surface area contributed by atoms with Gasteiger partial charge in [0.1, 0.15) is 12.0 Å². The average molecular weight is 244 g/mol. The van der Waals surface area contributed by atoms with E-state index in [1.807, 2.05) is 18.2 Å². The van der Waals surface area contributed by atoms with Gasteiger partial charge in [0.25, 0.3) is 0 Å². The SMILES string of the molecule is CC1CNC(Cc2ccccc2O)OC1.Cl. The van der Waals surface area contributed by atoms with Gasteiger partial charge in [-0.1, -0.05) is 25.1 Å². The van der Waals surface area contributed by atoms with Crippen molar-refractivity contribution in [1.82, 2.24) is 5.32 Å². The smallest absolute Gasteiger partial charge is 0.118 e. The first-order valence-corrected chi connectivity index (χ1v) is 5.37. The van der Waals surface area contributed by atoms with Crippen molar-refractivity contribution in [1.29, 1.82) is 0 Å². The lowest BCUT2D eigenvalue weighted by molar-refractivity contribution is -0.0230. The van der Waals surface area contributed by atoms with Gasteiger partial charge in [-0.15, -0.1) is 12.4 Å². The molecule has 2 rings (SSSR count). The van der Waals surface area contributed by atoms with Crippen LogP contribution in [0.4, 0.5) is 0 Å². The van der Waals surface area contributed by atoms with Crippen molar-refractivity contribution in [3.63, 3.8) is 0 Å². The van der Waals surface area contributed by atoms with Crippen LogP contribution in [-0.4, -0.2) is 24.5 Å². The van der Waals surface area contributed by atoms with Crippen LogP contribution < -0.4 is 5.32 Å². The topological polar surface area (TPSA) is 41.5 Å². The number of phenolic OH excluding ortho intramolecular Hbond substituents is 1. The maximum Gasteiger partial charge on any atom is 0.118 e. The monoisotopic (exact) mass is 243 g/mol. The third kappa shape index (κ3) is 3.37. The summed E-state index contributed by atoms with van der Waals surface area (Å²) in [7, 11) is 0. The number of halogens is 1. The first-order valence-electron chi connectivity index (χ1n) is 5.37. The summed E-state index contributed by atoms with van der Waals surface area (Å²) in [5, 5.41) is 12.9. The van der Waals surface area contributed by atoms with Gasteiger partial charge in [-0.3, -0.25) is 5.32 Å². The highest BCUT2D eigenvalue weighted by Gasteiger charge is 2.18. The molecule has 1 fully saturated rings. The summed E-state index contributed by atoms with van der Waals surface area (Å²) in [5.74, 6) is 0.923. The van der Waals surface area contributed by atoms with E-state index in [1.54, 1.807) is 6.07 Å². The van der Waals surface area contributed by atoms with Crippen molar-refractivity contribution in [2.75, 3.05) is 13.2 Å². The van der Waals surface area contributed by atoms with Gasteiger partial charge in [0.05, 0.1) is 6.61 Å². The zero-order chi connectivity index (χ0) is 10.7. The van der Waals surface area contributed by atoms with E-state index < -0.39 is 0 Å². The zero-order valence-corrected chi connectivity index (χ0v) is 10.2. The molecule has 1 heterocycles. The van der Waals surface area contributed by atoms with E-state index in [-0.39, 0.29) is 18.6 Å². The molecule has 1 aromatic carbocycles. The van der Waals surface area contributed by atoms with Crippen LogP contribution in [-0.2, 0) is 11.2 Å². The van der Waals surface area contributed by atoms with Gasteiger partial charge in [-0.25, -0.2) is 0 Å². The number of hydrogen-bond acceptors (Lipinski definition) is 3. The highest BCUT2D eigenvalue weighted by molar-refractivity contribution is 5.85. The normalized spacial score (nSPS) is 24.8. The molecule has 0 radical (unpaired) electrons. The number of rotatable bonds is 2. The molecule has 0 bridgehead atoms. The Balaban J connectivity index is 0.00000128. The lowest BCUT2D eigenvalue weighted by Gasteiger charge is -2.28. The summed E-state index contributed by atoms with van der Waals surface area (Å²) in [6, 6.07) is 7.40. The molecule has 1 aliphatic heterocycles. The van der Waals surface area contributed by atoms with Crippen LogP contribution in [0.25, 0.3) is 0 Å². The molecule has 0 spiro atoms. The van der Waals surface area contributed by atoms with Crippen LogP contribution in [0, 0.1) is 5.92 Å². The number of hydrogen-bond donors (Lipinski definition) is 2. The standard InChI is InChI=1S/C12H17NO2.ClH/c1-9-7-13-12(15-8-9)6-10-4-2-3-5-11(10)14;/h2-5,9,12-14H,6-8H2,1H3;1H. The molecule has 1 aromatic rings. The largest absolute Gasteiger partial charge is 0.508 e. The second kappa shape index (κ2) is 6.09. The first-order chi connectivity index (χ1) is 7.25. The Morgan fingerprint density at radius 3 is 2.81 bits per heavy atom. The maximum absolute atomic E-state index is 9.61. The molecule has 1 saturated heterocycles. The summed E-state index contributed by atoms with van der Waals surface area (Å²) in [4.78, 5) is 0. The molecule has 2 N–H and O–H groups in total. The minimum Gasteiger partial charge on any atom is -0.508 e. The van der Waals surface area contributed by atoms with E-state index >= 15 is 0 Å². The summed E-state index contributed by atoms with van der Waals surface area (Å²) in [6.45, 7) is 3.94. The van der Waals surface area contributed by atoms with Gasteiger partial charge in [-0.2, -0.15) is 0 Å². The van der Waals surface area contributed by atoms with Gasteiger partial charge < -0.3 is 9.84 Å². The summed E-state index contributed by atoms with van der Waals surface area (Å²) >= 11 is 0. The van der Waals surface area contributed by atoms with Gasteiger partial charge in [-0.05, 0) is 17.5 Å². The molecule has 16 heavy (non-hydrogen) atoms. The Bertz CT molecular complexity index is 325. The molecular weight excluding hydrogens is 226 g/mol. The van der Waals surface area contributed by atoms with Crippen LogP contribution in [0.1, 0.15) is 12.5 Å². The molecule has 90 valence electrons. The highest BCUT2D eigenvalue weighted by Crippen LogP contribution is 2.19. The van der Waals surface area contributed by atoms with Gasteiger partial charge in [0.15, 0.2) is 0 Å². The maximum atomic E-state index is 9.61. The van der Waals surface area contributed by atoms with Crippen LogP contribution >= 0.6 is 12.4 Å². The Labute approximate surface area is 102 Å². The molecule has 0 aliphatic carbocycles. The second-order valence-corrected chi connectivity index (χ2v) is 4.17. The van der Waals surface area contributed by atoms with Crippen molar-refractivity contribution >= 4 is 12.4 Å². The average Bonchev–Trinajstić information content (AvgIpc) is 2.25. The van der Waals surface area contributed by atoms with Crippen molar-refractivity contribution in [2.45, 2.75) is 19.6 Å². The third-order valence-corrected chi connectivity index (χ3v) is 2.67. The number of nitrogens with one attached hydrogen (secondary N) is 1. The zero-order valence-electron chi connectivity index (χ0n) is 9.35. The second-order valence-electron chi connectivity index (χ2n) is 4.17. The summed E-state index contributed by atoms with van der Waals surface area (Å²) in [5.41, 5.74) is 0.935. The Hall–Kier alpha value is -0.770. The van der Waals surface area contributed by atoms with E-state index in [9.17, 15) is 5.11 Å². The molecule has 1 aliphatic rings. The molecule has 0 amide bonds. The number of ether oxygens (including phenoxy) is 1. The van der Waals surface area contributed by atoms with Gasteiger partial charge >= 0.3 is 0 Å². The Kier molecular flexibility index (Phi) is 5.06. The van der Waals surface area contributed by atoms with Gasteiger partial charge in [0, 0.05) is 13.0 Å². The molecule has 2 atom stereocenters. The molecule has 3 nitrogen and oxygen atoms in total. The van der Waals surface area contributed by atoms with Crippen LogP contribution in [0.3, 0.4) is 0 Å². The van der Waals surface area contributed by atoms with E-state index in [4.69, 9.17) is 4.74 Å². The number of phenols is 1. The van der Waals surface area contributed by atoms with Crippen molar-refractivity contribution < 1.29 is 9.84 Å². The van der Waals surface area contributed by atoms with Gasteiger partial charge in [0.2, 0.25) is 0 Å². The van der Waals surface area contributed by atoms with Crippen LogP contribution in [0.2, 0.25) is 0 Å². The predicted octanol–water partition coefficient (Wildman–Crippen LogP) is 1.94. The van der Waals surface area contributed by atoms with Crippen molar-refractivity contribution in [3.8, 4) is 5.75 Å². The van der Waals surface area contributed by atoms with Crippen molar-refractivity contribution in [3.05, 3.63) is 29.8 Å². The molecule has 2 unspecified atom stereocenters. The molecule has 0 aromatic heterocycles. The fraction of sp³-hybridized carbons (Fsp3) is 0.500. The minimum absolute atomic E-state index is 0. The van der Waals surface area contributed by atoms with Crippen LogP contribution in [0.5, 0.6) is 5.75 Å². The van der Waals surface area contributed by atoms with Crippen molar-refractivity contribution in [2.24, 2.45) is 5.92 Å². The highest BCUT2D eigenvalue weighted by atomic mass is 35.5. The van der Waals surface area contributed by atoms with E-state index in [0.29, 0.717) is 11.7 Å². The number of aromatic hydroxyl groups is 1. The molecular formula is C12H18ClNO2. The minimum atomic E-state index is 0. The quantitative estimate of drug-likeness (QED) is 0.834. The number of para-hydroxylation sites is 1. The fourth-order valence-corrected chi connectivity index (χ4v) is 1.75. The van der Waals surface area contributed by atoms with E-state index in [1.165, 1.54) is 0 Å². The Morgan fingerprint density at radius 2 is 2.19 bits per heavy atom. The number of benzene rings is 1. The third-order valence-electron chi connectivity index (χ3n) is 2.67. The first kappa shape index (κ1) is 13.3. The molecule has 4 heteroatoms. The van der Waals surface area contributed by atoms with Crippen LogP contribution in [0.15, 0.2) is 24.3 Å². The fourth-order valence-electron chi connectivity index (χ4n) is 1.75. The lowest BCUT2D eigenvalue weighted by Crippen LogP contribution is -2.43. The molecule has 0 saturated carbocycles. The summed E-state index contributed by atoms with van der Waals surface area (Å²) in [6.07, 6.45) is 0.758. The van der Waals surface area contributed by atoms with E-state index in [2.05, 4.69) is 12.2 Å². The predicted molar refractivity (Wildman–Crippen MR) is 66.0 cm³/mol.